The molecular weight excluding hydrogens is 360 g/mol. The van der Waals surface area contributed by atoms with Gasteiger partial charge in [-0.1, -0.05) is 36.4 Å². The summed E-state index contributed by atoms with van der Waals surface area (Å²) < 4.78 is 34.3. The van der Waals surface area contributed by atoms with E-state index < -0.39 is 10.0 Å². The molecule has 0 bridgehead atoms. The van der Waals surface area contributed by atoms with Crippen LogP contribution in [-0.2, 0) is 10.0 Å². The lowest BCUT2D eigenvalue weighted by atomic mass is 9.94. The van der Waals surface area contributed by atoms with E-state index in [2.05, 4.69) is 9.71 Å². The molecule has 0 radical (unpaired) electrons. The average Bonchev–Trinajstić information content (AvgIpc) is 2.70. The predicted molar refractivity (Wildman–Crippen MR) is 105 cm³/mol. The molecule has 0 spiro atoms. The molecule has 140 valence electrons. The Kier molecular flexibility index (Phi) is 5.09. The summed E-state index contributed by atoms with van der Waals surface area (Å²) in [7, 11) is -3.53. The first-order valence-corrected chi connectivity index (χ1v) is 10.7. The van der Waals surface area contributed by atoms with Gasteiger partial charge in [0.05, 0.1) is 4.90 Å². The Balaban J connectivity index is 1.38. The van der Waals surface area contributed by atoms with Gasteiger partial charge in [0, 0.05) is 18.3 Å². The van der Waals surface area contributed by atoms with E-state index in [-0.39, 0.29) is 12.1 Å². The topological polar surface area (TPSA) is 68.3 Å². The molecule has 6 heteroatoms. The molecule has 1 fully saturated rings. The summed E-state index contributed by atoms with van der Waals surface area (Å²) in [6.45, 7) is 0. The van der Waals surface area contributed by atoms with Crippen LogP contribution in [0.2, 0.25) is 0 Å². The summed E-state index contributed by atoms with van der Waals surface area (Å²) >= 11 is 0. The Morgan fingerprint density at radius 2 is 1.63 bits per heavy atom. The van der Waals surface area contributed by atoms with Crippen molar-refractivity contribution in [1.82, 2.24) is 9.71 Å². The van der Waals surface area contributed by atoms with Gasteiger partial charge in [-0.3, -0.25) is 0 Å². The molecule has 27 heavy (non-hydrogen) atoms. The number of hydrogen-bond donors (Lipinski definition) is 1. The van der Waals surface area contributed by atoms with Crippen molar-refractivity contribution in [2.75, 3.05) is 0 Å². The minimum absolute atomic E-state index is 0.0648. The van der Waals surface area contributed by atoms with E-state index >= 15 is 0 Å². The lowest BCUT2D eigenvalue weighted by molar-refractivity contribution is 0.138. The van der Waals surface area contributed by atoms with Crippen molar-refractivity contribution in [2.45, 2.75) is 42.7 Å². The van der Waals surface area contributed by atoms with Crippen LogP contribution in [0.25, 0.3) is 10.8 Å². The molecule has 4 rings (SSSR count). The van der Waals surface area contributed by atoms with E-state index in [1.54, 1.807) is 18.3 Å². The number of aromatic nitrogens is 1. The largest absolute Gasteiger partial charge is 0.474 e. The minimum atomic E-state index is -3.53. The summed E-state index contributed by atoms with van der Waals surface area (Å²) in [5.41, 5.74) is 0. The summed E-state index contributed by atoms with van der Waals surface area (Å²) in [6, 6.07) is 18.5. The van der Waals surface area contributed by atoms with E-state index in [9.17, 15) is 8.42 Å². The molecule has 0 saturated heterocycles. The van der Waals surface area contributed by atoms with Crippen LogP contribution in [0.3, 0.4) is 0 Å². The quantitative estimate of drug-likeness (QED) is 0.727. The van der Waals surface area contributed by atoms with Gasteiger partial charge >= 0.3 is 0 Å². The van der Waals surface area contributed by atoms with Gasteiger partial charge in [-0.2, -0.15) is 0 Å². The molecule has 0 atom stereocenters. The van der Waals surface area contributed by atoms with Crippen LogP contribution in [0.15, 0.2) is 71.8 Å². The second-order valence-electron chi connectivity index (χ2n) is 6.89. The van der Waals surface area contributed by atoms with E-state index in [1.165, 1.54) is 0 Å². The van der Waals surface area contributed by atoms with Gasteiger partial charge in [-0.25, -0.2) is 18.1 Å². The lowest BCUT2D eigenvalue weighted by Crippen LogP contribution is -2.39. The van der Waals surface area contributed by atoms with Gasteiger partial charge in [-0.05, 0) is 54.7 Å². The normalized spacial score (nSPS) is 20.4. The molecule has 0 unspecified atom stereocenters. The molecule has 2 aromatic carbocycles. The van der Waals surface area contributed by atoms with Gasteiger partial charge < -0.3 is 4.74 Å². The molecule has 1 aliphatic carbocycles. The van der Waals surface area contributed by atoms with Crippen LogP contribution in [0.5, 0.6) is 5.88 Å². The zero-order valence-electron chi connectivity index (χ0n) is 14.9. The number of nitrogens with one attached hydrogen (secondary N) is 1. The molecule has 3 aromatic rings. The third kappa shape index (κ3) is 4.28. The highest BCUT2D eigenvalue weighted by Gasteiger charge is 2.27. The first kappa shape index (κ1) is 17.9. The number of rotatable bonds is 5. The monoisotopic (exact) mass is 382 g/mol. The molecule has 0 aliphatic heterocycles. The zero-order valence-corrected chi connectivity index (χ0v) is 15.7. The van der Waals surface area contributed by atoms with Gasteiger partial charge in [0.25, 0.3) is 0 Å². The molecule has 1 aromatic heterocycles. The number of pyridine rings is 1. The van der Waals surface area contributed by atoms with Crippen molar-refractivity contribution in [3.05, 3.63) is 66.9 Å². The zero-order chi connectivity index (χ0) is 18.7. The van der Waals surface area contributed by atoms with Gasteiger partial charge in [0.1, 0.15) is 6.10 Å². The second-order valence-corrected chi connectivity index (χ2v) is 8.60. The number of hydrogen-bond acceptors (Lipinski definition) is 4. The van der Waals surface area contributed by atoms with Crippen LogP contribution < -0.4 is 9.46 Å². The summed E-state index contributed by atoms with van der Waals surface area (Å²) in [5.74, 6) is 0.623. The van der Waals surface area contributed by atoms with Crippen LogP contribution in [0.1, 0.15) is 25.7 Å². The van der Waals surface area contributed by atoms with Gasteiger partial charge in [0.15, 0.2) is 0 Å². The van der Waals surface area contributed by atoms with Crippen molar-refractivity contribution in [2.24, 2.45) is 0 Å². The first-order chi connectivity index (χ1) is 13.1. The highest BCUT2D eigenvalue weighted by Crippen LogP contribution is 2.25. The maximum absolute atomic E-state index is 12.8. The van der Waals surface area contributed by atoms with Crippen LogP contribution >= 0.6 is 0 Å². The smallest absolute Gasteiger partial charge is 0.240 e. The number of fused-ring (bicyclic) bond motifs is 1. The van der Waals surface area contributed by atoms with Crippen molar-refractivity contribution < 1.29 is 13.2 Å². The number of sulfonamides is 1. The number of ether oxygens (including phenoxy) is 1. The van der Waals surface area contributed by atoms with Gasteiger partial charge in [0.2, 0.25) is 15.9 Å². The molecule has 1 N–H and O–H groups in total. The van der Waals surface area contributed by atoms with E-state index in [0.717, 1.165) is 36.5 Å². The molecule has 1 saturated carbocycles. The predicted octanol–water partition coefficient (Wildman–Crippen LogP) is 3.90. The fraction of sp³-hybridized carbons (Fsp3) is 0.286. The van der Waals surface area contributed by atoms with Crippen molar-refractivity contribution in [3.8, 4) is 5.88 Å². The third-order valence-corrected chi connectivity index (χ3v) is 6.47. The van der Waals surface area contributed by atoms with E-state index in [1.807, 2.05) is 48.5 Å². The van der Waals surface area contributed by atoms with Crippen LogP contribution in [0, 0.1) is 0 Å². The molecule has 0 amide bonds. The highest BCUT2D eigenvalue weighted by atomic mass is 32.2. The summed E-state index contributed by atoms with van der Waals surface area (Å²) in [6.07, 6.45) is 4.91. The summed E-state index contributed by atoms with van der Waals surface area (Å²) in [4.78, 5) is 4.50. The summed E-state index contributed by atoms with van der Waals surface area (Å²) in [5, 5.41) is 1.96. The SMILES string of the molecule is O=S(=O)(NC1CCC(Oc2ccccn2)CC1)c1ccc2ccccc2c1. The second kappa shape index (κ2) is 7.66. The fourth-order valence-corrected chi connectivity index (χ4v) is 4.85. The van der Waals surface area contributed by atoms with Crippen molar-refractivity contribution in [3.63, 3.8) is 0 Å². The van der Waals surface area contributed by atoms with Crippen molar-refractivity contribution >= 4 is 20.8 Å². The van der Waals surface area contributed by atoms with Crippen LogP contribution in [-0.4, -0.2) is 25.5 Å². The van der Waals surface area contributed by atoms with E-state index in [4.69, 9.17) is 4.74 Å². The standard InChI is InChI=1S/C21H22N2O3S/c24-27(25,20-13-8-16-5-1-2-6-17(16)15-20)23-18-9-11-19(12-10-18)26-21-7-3-4-14-22-21/h1-8,13-15,18-19,23H,9-12H2. The Labute approximate surface area is 159 Å². The minimum Gasteiger partial charge on any atom is -0.474 e. The maximum atomic E-state index is 12.8. The van der Waals surface area contributed by atoms with Gasteiger partial charge in [-0.15, -0.1) is 0 Å². The first-order valence-electron chi connectivity index (χ1n) is 9.19. The maximum Gasteiger partial charge on any atom is 0.240 e. The lowest BCUT2D eigenvalue weighted by Gasteiger charge is -2.29. The Bertz CT molecular complexity index is 1010. The average molecular weight is 382 g/mol. The molecular formula is C21H22N2O3S. The Hall–Kier alpha value is -2.44. The Morgan fingerprint density at radius 1 is 0.889 bits per heavy atom. The number of benzene rings is 2. The van der Waals surface area contributed by atoms with Crippen molar-refractivity contribution in [1.29, 1.82) is 0 Å². The molecule has 1 aliphatic rings. The number of nitrogens with zero attached hydrogens (tertiary/aromatic N) is 1. The molecule has 5 nitrogen and oxygen atoms in total. The fourth-order valence-electron chi connectivity index (χ4n) is 3.51. The Morgan fingerprint density at radius 3 is 2.37 bits per heavy atom. The van der Waals surface area contributed by atoms with E-state index in [0.29, 0.717) is 10.8 Å². The highest BCUT2D eigenvalue weighted by molar-refractivity contribution is 7.89. The third-order valence-electron chi connectivity index (χ3n) is 4.95. The van der Waals surface area contributed by atoms with Crippen LogP contribution in [0.4, 0.5) is 0 Å². The molecule has 1 heterocycles.